The summed E-state index contributed by atoms with van der Waals surface area (Å²) >= 11 is 0. The summed E-state index contributed by atoms with van der Waals surface area (Å²) in [6.07, 6.45) is 1.92. The van der Waals surface area contributed by atoms with Gasteiger partial charge in [0.2, 0.25) is 0 Å². The fourth-order valence-corrected chi connectivity index (χ4v) is 2.66. The highest BCUT2D eigenvalue weighted by atomic mass is 32.2. The van der Waals surface area contributed by atoms with Crippen molar-refractivity contribution in [3.63, 3.8) is 0 Å². The lowest BCUT2D eigenvalue weighted by Crippen LogP contribution is -2.37. The van der Waals surface area contributed by atoms with Gasteiger partial charge in [-0.3, -0.25) is 4.79 Å². The molecular weight excluding hydrogens is 294 g/mol. The first-order valence-electron chi connectivity index (χ1n) is 6.59. The zero-order valence-corrected chi connectivity index (χ0v) is 12.6. The van der Waals surface area contributed by atoms with E-state index in [1.54, 1.807) is 6.07 Å². The van der Waals surface area contributed by atoms with Crippen molar-refractivity contribution in [3.8, 4) is 0 Å². The molecule has 6 nitrogen and oxygen atoms in total. The van der Waals surface area contributed by atoms with Crippen molar-refractivity contribution in [1.82, 2.24) is 5.32 Å². The zero-order chi connectivity index (χ0) is 15.6. The summed E-state index contributed by atoms with van der Waals surface area (Å²) in [6, 6.07) is 5.93. The minimum atomic E-state index is -3.54. The van der Waals surface area contributed by atoms with Gasteiger partial charge in [0.25, 0.3) is 5.91 Å². The van der Waals surface area contributed by atoms with Crippen LogP contribution in [0.4, 0.5) is 0 Å². The third-order valence-corrected chi connectivity index (χ3v) is 4.24. The molecule has 0 spiro atoms. The van der Waals surface area contributed by atoms with E-state index in [1.807, 2.05) is 0 Å². The van der Waals surface area contributed by atoms with Crippen LogP contribution in [0.1, 0.15) is 30.1 Å². The van der Waals surface area contributed by atoms with E-state index in [0.29, 0.717) is 0 Å². The van der Waals surface area contributed by atoms with E-state index in [2.05, 4.69) is 5.32 Å². The molecule has 114 valence electrons. The number of carbonyl (C=O) groups is 2. The SMILES string of the molecule is C[C@@H](OC(=O)c1ccccc1S(C)(=O)=O)C(=O)NC1CC1. The Morgan fingerprint density at radius 3 is 2.48 bits per heavy atom. The minimum Gasteiger partial charge on any atom is -0.449 e. The highest BCUT2D eigenvalue weighted by Crippen LogP contribution is 2.20. The lowest BCUT2D eigenvalue weighted by molar-refractivity contribution is -0.129. The maximum absolute atomic E-state index is 12.1. The topological polar surface area (TPSA) is 89.5 Å². The van der Waals surface area contributed by atoms with Crippen LogP contribution in [0.5, 0.6) is 0 Å². The molecular formula is C14H17NO5S. The third kappa shape index (κ3) is 4.04. The summed E-state index contributed by atoms with van der Waals surface area (Å²) in [6.45, 7) is 1.46. The van der Waals surface area contributed by atoms with Gasteiger partial charge in [-0.2, -0.15) is 0 Å². The van der Waals surface area contributed by atoms with Gasteiger partial charge in [-0.15, -0.1) is 0 Å². The first-order valence-corrected chi connectivity index (χ1v) is 8.48. The van der Waals surface area contributed by atoms with Crippen molar-refractivity contribution in [2.24, 2.45) is 0 Å². The second kappa shape index (κ2) is 5.85. The Bertz CT molecular complexity index is 664. The normalized spacial score (nSPS) is 16.1. The smallest absolute Gasteiger partial charge is 0.340 e. The lowest BCUT2D eigenvalue weighted by atomic mass is 10.2. The number of hydrogen-bond donors (Lipinski definition) is 1. The molecule has 1 aliphatic carbocycles. The molecule has 1 N–H and O–H groups in total. The van der Waals surface area contributed by atoms with Gasteiger partial charge in [0.05, 0.1) is 10.5 Å². The van der Waals surface area contributed by atoms with Crippen molar-refractivity contribution < 1.29 is 22.7 Å². The number of hydrogen-bond acceptors (Lipinski definition) is 5. The predicted molar refractivity (Wildman–Crippen MR) is 75.6 cm³/mol. The van der Waals surface area contributed by atoms with Crippen LogP contribution in [0.15, 0.2) is 29.2 Å². The number of ether oxygens (including phenoxy) is 1. The summed E-state index contributed by atoms with van der Waals surface area (Å²) < 4.78 is 28.3. The Morgan fingerprint density at radius 2 is 1.90 bits per heavy atom. The van der Waals surface area contributed by atoms with Gasteiger partial charge in [-0.25, -0.2) is 13.2 Å². The van der Waals surface area contributed by atoms with Crippen molar-refractivity contribution >= 4 is 21.7 Å². The monoisotopic (exact) mass is 311 g/mol. The molecule has 0 heterocycles. The molecule has 1 saturated carbocycles. The second-order valence-corrected chi connectivity index (χ2v) is 7.08. The summed E-state index contributed by atoms with van der Waals surface area (Å²) in [7, 11) is -3.54. The van der Waals surface area contributed by atoms with Gasteiger partial charge in [0.15, 0.2) is 15.9 Å². The Balaban J connectivity index is 2.11. The van der Waals surface area contributed by atoms with Crippen molar-refractivity contribution in [3.05, 3.63) is 29.8 Å². The Morgan fingerprint density at radius 1 is 1.29 bits per heavy atom. The number of rotatable bonds is 5. The quantitative estimate of drug-likeness (QED) is 0.817. The number of sulfone groups is 1. The van der Waals surface area contributed by atoms with Crippen LogP contribution in [0.2, 0.25) is 0 Å². The van der Waals surface area contributed by atoms with Gasteiger partial charge in [0, 0.05) is 12.3 Å². The van der Waals surface area contributed by atoms with E-state index < -0.39 is 21.9 Å². The van der Waals surface area contributed by atoms with Gasteiger partial charge < -0.3 is 10.1 Å². The number of nitrogens with one attached hydrogen (secondary N) is 1. The van der Waals surface area contributed by atoms with E-state index in [0.717, 1.165) is 19.1 Å². The molecule has 0 aliphatic heterocycles. The van der Waals surface area contributed by atoms with Gasteiger partial charge in [-0.05, 0) is 31.9 Å². The van der Waals surface area contributed by atoms with Gasteiger partial charge >= 0.3 is 5.97 Å². The molecule has 1 aromatic rings. The molecule has 0 radical (unpaired) electrons. The summed E-state index contributed by atoms with van der Waals surface area (Å²) in [4.78, 5) is 23.7. The Labute approximate surface area is 123 Å². The lowest BCUT2D eigenvalue weighted by Gasteiger charge is -2.14. The van der Waals surface area contributed by atoms with Gasteiger partial charge in [-0.1, -0.05) is 12.1 Å². The molecule has 0 saturated heterocycles. The van der Waals surface area contributed by atoms with Crippen LogP contribution in [-0.2, 0) is 19.4 Å². The van der Waals surface area contributed by atoms with Crippen molar-refractivity contribution in [2.45, 2.75) is 36.8 Å². The minimum absolute atomic E-state index is 0.0638. The van der Waals surface area contributed by atoms with Crippen LogP contribution in [0, 0.1) is 0 Å². The van der Waals surface area contributed by atoms with E-state index in [9.17, 15) is 18.0 Å². The number of carbonyl (C=O) groups excluding carboxylic acids is 2. The van der Waals surface area contributed by atoms with E-state index in [-0.39, 0.29) is 22.4 Å². The molecule has 1 amide bonds. The molecule has 0 aromatic heterocycles. The average Bonchev–Trinajstić information content (AvgIpc) is 3.21. The zero-order valence-electron chi connectivity index (χ0n) is 11.8. The van der Waals surface area contributed by atoms with E-state index in [1.165, 1.54) is 25.1 Å². The molecule has 1 aromatic carbocycles. The fourth-order valence-electron chi connectivity index (χ4n) is 1.78. The molecule has 2 rings (SSSR count). The van der Waals surface area contributed by atoms with Crippen LogP contribution in [-0.4, -0.2) is 38.7 Å². The number of amides is 1. The first-order chi connectivity index (χ1) is 9.79. The largest absolute Gasteiger partial charge is 0.449 e. The van der Waals surface area contributed by atoms with Crippen LogP contribution >= 0.6 is 0 Å². The average molecular weight is 311 g/mol. The summed E-state index contributed by atoms with van der Waals surface area (Å²) in [5.74, 6) is -1.20. The summed E-state index contributed by atoms with van der Waals surface area (Å²) in [5.41, 5.74) is -0.0638. The molecule has 21 heavy (non-hydrogen) atoms. The number of esters is 1. The van der Waals surface area contributed by atoms with Crippen LogP contribution in [0.25, 0.3) is 0 Å². The third-order valence-electron chi connectivity index (χ3n) is 3.08. The Hall–Kier alpha value is -1.89. The highest BCUT2D eigenvalue weighted by molar-refractivity contribution is 7.90. The summed E-state index contributed by atoms with van der Waals surface area (Å²) in [5, 5.41) is 2.72. The first kappa shape index (κ1) is 15.5. The highest BCUT2D eigenvalue weighted by Gasteiger charge is 2.28. The molecule has 1 atom stereocenters. The maximum atomic E-state index is 12.1. The predicted octanol–water partition coefficient (Wildman–Crippen LogP) is 0.914. The molecule has 0 unspecified atom stereocenters. The van der Waals surface area contributed by atoms with E-state index >= 15 is 0 Å². The molecule has 0 bridgehead atoms. The van der Waals surface area contributed by atoms with Crippen LogP contribution < -0.4 is 5.32 Å². The van der Waals surface area contributed by atoms with Crippen molar-refractivity contribution in [2.75, 3.05) is 6.26 Å². The van der Waals surface area contributed by atoms with Crippen molar-refractivity contribution in [1.29, 1.82) is 0 Å². The second-order valence-electron chi connectivity index (χ2n) is 5.10. The number of benzene rings is 1. The van der Waals surface area contributed by atoms with Crippen LogP contribution in [0.3, 0.4) is 0 Å². The Kier molecular flexibility index (Phi) is 4.32. The standard InChI is InChI=1S/C14H17NO5S/c1-9(13(16)15-10-7-8-10)20-14(17)11-5-3-4-6-12(11)21(2,18)19/h3-6,9-10H,7-8H2,1-2H3,(H,15,16)/t9-/m1/s1. The fraction of sp³-hybridized carbons (Fsp3) is 0.429. The van der Waals surface area contributed by atoms with Gasteiger partial charge in [0.1, 0.15) is 0 Å². The molecule has 7 heteroatoms. The molecule has 1 aliphatic rings. The van der Waals surface area contributed by atoms with E-state index in [4.69, 9.17) is 4.74 Å². The molecule has 1 fully saturated rings. The maximum Gasteiger partial charge on any atom is 0.340 e.